The Bertz CT molecular complexity index is 330. The largest absolute Gasteiger partial charge is 0.476 e. The fourth-order valence-corrected chi connectivity index (χ4v) is 1.62. The van der Waals surface area contributed by atoms with Crippen LogP contribution in [0.15, 0.2) is 6.20 Å². The third-order valence-corrected chi connectivity index (χ3v) is 2.37. The molecule has 0 aromatic carbocycles. The van der Waals surface area contributed by atoms with Crippen LogP contribution < -0.4 is 5.32 Å². The van der Waals surface area contributed by atoms with Gasteiger partial charge in [0.2, 0.25) is 0 Å². The van der Waals surface area contributed by atoms with Crippen LogP contribution in [0, 0.1) is 5.92 Å². The highest BCUT2D eigenvalue weighted by molar-refractivity contribution is 5.84. The van der Waals surface area contributed by atoms with Crippen molar-refractivity contribution in [2.45, 2.75) is 13.0 Å². The summed E-state index contributed by atoms with van der Waals surface area (Å²) >= 11 is 0. The highest BCUT2D eigenvalue weighted by Crippen LogP contribution is 2.09. The second kappa shape index (κ2) is 3.75. The van der Waals surface area contributed by atoms with E-state index in [4.69, 9.17) is 5.11 Å². The maximum atomic E-state index is 10.5. The molecule has 0 amide bonds. The lowest BCUT2D eigenvalue weighted by Crippen LogP contribution is -2.14. The molecule has 76 valence electrons. The first-order chi connectivity index (χ1) is 6.75. The van der Waals surface area contributed by atoms with Crippen LogP contribution in [-0.4, -0.2) is 39.2 Å². The van der Waals surface area contributed by atoms with Gasteiger partial charge < -0.3 is 10.4 Å². The first kappa shape index (κ1) is 9.14. The zero-order valence-electron chi connectivity index (χ0n) is 7.68. The first-order valence-corrected chi connectivity index (χ1v) is 4.60. The third kappa shape index (κ3) is 1.90. The highest BCUT2D eigenvalue weighted by Gasteiger charge is 2.16. The van der Waals surface area contributed by atoms with Crippen LogP contribution in [0.5, 0.6) is 0 Å². The van der Waals surface area contributed by atoms with Gasteiger partial charge in [-0.05, 0) is 25.4 Å². The van der Waals surface area contributed by atoms with E-state index in [1.54, 1.807) is 4.68 Å². The lowest BCUT2D eigenvalue weighted by molar-refractivity contribution is 0.0690. The number of nitrogens with one attached hydrogen (secondary N) is 1. The molecule has 0 aliphatic carbocycles. The van der Waals surface area contributed by atoms with Gasteiger partial charge in [0.05, 0.1) is 6.20 Å². The van der Waals surface area contributed by atoms with Crippen LogP contribution in [0.3, 0.4) is 0 Å². The van der Waals surface area contributed by atoms with E-state index in [0.29, 0.717) is 5.92 Å². The molecule has 2 heterocycles. The van der Waals surface area contributed by atoms with Crippen molar-refractivity contribution in [2.24, 2.45) is 5.92 Å². The molecule has 14 heavy (non-hydrogen) atoms. The molecule has 1 unspecified atom stereocenters. The van der Waals surface area contributed by atoms with Crippen LogP contribution in [-0.2, 0) is 6.54 Å². The molecule has 1 aromatic rings. The fourth-order valence-electron chi connectivity index (χ4n) is 1.62. The molecule has 6 heteroatoms. The Morgan fingerprint density at radius 3 is 3.21 bits per heavy atom. The van der Waals surface area contributed by atoms with Crippen molar-refractivity contribution in [1.29, 1.82) is 0 Å². The number of carboxylic acids is 1. The second-order valence-corrected chi connectivity index (χ2v) is 3.49. The van der Waals surface area contributed by atoms with Gasteiger partial charge in [-0.25, -0.2) is 4.79 Å². The van der Waals surface area contributed by atoms with E-state index in [-0.39, 0.29) is 5.69 Å². The second-order valence-electron chi connectivity index (χ2n) is 3.49. The predicted molar refractivity (Wildman–Crippen MR) is 48.0 cm³/mol. The van der Waals surface area contributed by atoms with Gasteiger partial charge in [-0.15, -0.1) is 5.10 Å². The summed E-state index contributed by atoms with van der Waals surface area (Å²) in [7, 11) is 0. The van der Waals surface area contributed by atoms with Crippen molar-refractivity contribution < 1.29 is 9.90 Å². The summed E-state index contributed by atoms with van der Waals surface area (Å²) in [6.07, 6.45) is 2.59. The molecule has 2 rings (SSSR count). The Balaban J connectivity index is 1.98. The number of rotatable bonds is 3. The Hall–Kier alpha value is -1.43. The molecule has 6 nitrogen and oxygen atoms in total. The molecule has 0 spiro atoms. The maximum Gasteiger partial charge on any atom is 0.358 e. The number of hydrogen-bond acceptors (Lipinski definition) is 4. The molecule has 1 saturated heterocycles. The summed E-state index contributed by atoms with van der Waals surface area (Å²) in [6.45, 7) is 2.75. The first-order valence-electron chi connectivity index (χ1n) is 4.60. The molecule has 1 aromatic heterocycles. The fraction of sp³-hybridized carbons (Fsp3) is 0.625. The normalized spacial score (nSPS) is 21.3. The van der Waals surface area contributed by atoms with Crippen LogP contribution in [0.25, 0.3) is 0 Å². The summed E-state index contributed by atoms with van der Waals surface area (Å²) in [5.41, 5.74) is 0.0101. The molecule has 0 saturated carbocycles. The smallest absolute Gasteiger partial charge is 0.358 e. The van der Waals surface area contributed by atoms with Gasteiger partial charge in [0.15, 0.2) is 5.69 Å². The van der Waals surface area contributed by atoms with E-state index in [0.717, 1.165) is 26.1 Å². The Labute approximate surface area is 80.9 Å². The Morgan fingerprint density at radius 2 is 2.64 bits per heavy atom. The zero-order chi connectivity index (χ0) is 9.97. The zero-order valence-corrected chi connectivity index (χ0v) is 7.68. The van der Waals surface area contributed by atoms with Crippen LogP contribution >= 0.6 is 0 Å². The molecule has 1 atom stereocenters. The Morgan fingerprint density at radius 1 is 1.79 bits per heavy atom. The van der Waals surface area contributed by atoms with E-state index in [2.05, 4.69) is 15.6 Å². The number of hydrogen-bond donors (Lipinski definition) is 2. The number of aromatic nitrogens is 3. The van der Waals surface area contributed by atoms with Crippen molar-refractivity contribution in [2.75, 3.05) is 13.1 Å². The average molecular weight is 196 g/mol. The predicted octanol–water partition coefficient (Wildman–Crippen LogP) is -0.414. The Kier molecular flexibility index (Phi) is 2.45. The molecule has 0 bridgehead atoms. The van der Waals surface area contributed by atoms with Crippen molar-refractivity contribution in [3.8, 4) is 0 Å². The number of carboxylic acid groups (broad SMARTS) is 1. The molecular formula is C8H12N4O2. The SMILES string of the molecule is O=C(O)c1cn(CC2CCNC2)nn1. The number of carbonyl (C=O) groups is 1. The van der Waals surface area contributed by atoms with E-state index < -0.39 is 5.97 Å². The average Bonchev–Trinajstić information content (AvgIpc) is 2.75. The van der Waals surface area contributed by atoms with Gasteiger partial charge in [0.1, 0.15) is 0 Å². The lowest BCUT2D eigenvalue weighted by atomic mass is 10.1. The molecule has 2 N–H and O–H groups in total. The van der Waals surface area contributed by atoms with Gasteiger partial charge in [0, 0.05) is 6.54 Å². The van der Waals surface area contributed by atoms with E-state index in [1.165, 1.54) is 6.20 Å². The van der Waals surface area contributed by atoms with Gasteiger partial charge in [-0.1, -0.05) is 5.21 Å². The summed E-state index contributed by atoms with van der Waals surface area (Å²) in [5.74, 6) is -0.487. The van der Waals surface area contributed by atoms with E-state index in [9.17, 15) is 4.79 Å². The highest BCUT2D eigenvalue weighted by atomic mass is 16.4. The summed E-state index contributed by atoms with van der Waals surface area (Å²) in [4.78, 5) is 10.5. The summed E-state index contributed by atoms with van der Waals surface area (Å²) < 4.78 is 1.60. The summed E-state index contributed by atoms with van der Waals surface area (Å²) in [5, 5.41) is 19.2. The standard InChI is InChI=1S/C8H12N4O2/c13-8(14)7-5-12(11-10-7)4-6-1-2-9-3-6/h5-6,9H,1-4H2,(H,13,14). The van der Waals surface area contributed by atoms with Gasteiger partial charge >= 0.3 is 5.97 Å². The number of nitrogens with zero attached hydrogens (tertiary/aromatic N) is 3. The molecule has 1 aliphatic rings. The van der Waals surface area contributed by atoms with E-state index in [1.807, 2.05) is 0 Å². The van der Waals surface area contributed by atoms with Crippen molar-refractivity contribution in [3.05, 3.63) is 11.9 Å². The molecule has 0 radical (unpaired) electrons. The van der Waals surface area contributed by atoms with Crippen LogP contribution in [0.1, 0.15) is 16.9 Å². The molecular weight excluding hydrogens is 184 g/mol. The monoisotopic (exact) mass is 196 g/mol. The van der Waals surface area contributed by atoms with Gasteiger partial charge in [-0.2, -0.15) is 0 Å². The van der Waals surface area contributed by atoms with Crippen LogP contribution in [0.4, 0.5) is 0 Å². The lowest BCUT2D eigenvalue weighted by Gasteiger charge is -2.05. The van der Waals surface area contributed by atoms with Crippen molar-refractivity contribution in [1.82, 2.24) is 20.3 Å². The van der Waals surface area contributed by atoms with Crippen LogP contribution in [0.2, 0.25) is 0 Å². The maximum absolute atomic E-state index is 10.5. The van der Waals surface area contributed by atoms with Crippen molar-refractivity contribution in [3.63, 3.8) is 0 Å². The summed E-state index contributed by atoms with van der Waals surface area (Å²) in [6, 6.07) is 0. The van der Waals surface area contributed by atoms with Crippen molar-refractivity contribution >= 4 is 5.97 Å². The molecule has 1 aliphatic heterocycles. The third-order valence-electron chi connectivity index (χ3n) is 2.37. The minimum Gasteiger partial charge on any atom is -0.476 e. The number of aromatic carboxylic acids is 1. The minimum absolute atomic E-state index is 0.0101. The van der Waals surface area contributed by atoms with Gasteiger partial charge in [0.25, 0.3) is 0 Å². The quantitative estimate of drug-likeness (QED) is 0.686. The minimum atomic E-state index is -1.03. The van der Waals surface area contributed by atoms with Gasteiger partial charge in [-0.3, -0.25) is 4.68 Å². The topological polar surface area (TPSA) is 80.0 Å². The molecule has 1 fully saturated rings. The van der Waals surface area contributed by atoms with E-state index >= 15 is 0 Å².